The van der Waals surface area contributed by atoms with Crippen molar-refractivity contribution in [2.75, 3.05) is 0 Å². The lowest BCUT2D eigenvalue weighted by Crippen LogP contribution is -2.31. The van der Waals surface area contributed by atoms with Crippen molar-refractivity contribution in [3.8, 4) is 0 Å². The Hall–Kier alpha value is -1.69. The van der Waals surface area contributed by atoms with Gasteiger partial charge in [-0.1, -0.05) is 0 Å². The first-order valence-corrected chi connectivity index (χ1v) is 5.93. The lowest BCUT2D eigenvalue weighted by Gasteiger charge is -2.22. The van der Waals surface area contributed by atoms with E-state index >= 15 is 0 Å². The van der Waals surface area contributed by atoms with Gasteiger partial charge in [0, 0.05) is 19.5 Å². The van der Waals surface area contributed by atoms with Crippen LogP contribution >= 0.6 is 0 Å². The molecule has 3 heterocycles. The highest BCUT2D eigenvalue weighted by Gasteiger charge is 2.25. The van der Waals surface area contributed by atoms with Crippen LogP contribution in [0.5, 0.6) is 0 Å². The van der Waals surface area contributed by atoms with Gasteiger partial charge in [0.1, 0.15) is 5.82 Å². The minimum Gasteiger partial charge on any atom is -0.347 e. The highest BCUT2D eigenvalue weighted by molar-refractivity contribution is 5.18. The first-order valence-electron chi connectivity index (χ1n) is 5.93. The van der Waals surface area contributed by atoms with Crippen LogP contribution in [0.4, 0.5) is 0 Å². The molecule has 0 spiro atoms. The molecule has 90 valence electrons. The SMILES string of the molecule is CCn1c(C)nnc1C1Cc2nc[nH]c2CN1. The number of fused-ring (bicyclic) bond motifs is 1. The smallest absolute Gasteiger partial charge is 0.150 e. The Morgan fingerprint density at radius 1 is 1.47 bits per heavy atom. The highest BCUT2D eigenvalue weighted by Crippen LogP contribution is 2.22. The summed E-state index contributed by atoms with van der Waals surface area (Å²) in [6.45, 7) is 5.82. The third-order valence-corrected chi connectivity index (χ3v) is 3.32. The zero-order valence-corrected chi connectivity index (χ0v) is 10.1. The number of nitrogens with zero attached hydrogens (tertiary/aromatic N) is 4. The molecule has 0 bridgehead atoms. The lowest BCUT2D eigenvalue weighted by atomic mass is 10.0. The van der Waals surface area contributed by atoms with E-state index in [1.54, 1.807) is 6.33 Å². The maximum Gasteiger partial charge on any atom is 0.150 e. The van der Waals surface area contributed by atoms with Gasteiger partial charge in [0.05, 0.1) is 23.8 Å². The minimum atomic E-state index is 0.215. The van der Waals surface area contributed by atoms with Crippen molar-refractivity contribution in [3.05, 3.63) is 29.4 Å². The third-order valence-electron chi connectivity index (χ3n) is 3.32. The van der Waals surface area contributed by atoms with Crippen molar-refractivity contribution >= 4 is 0 Å². The summed E-state index contributed by atoms with van der Waals surface area (Å²) in [5.74, 6) is 1.98. The zero-order chi connectivity index (χ0) is 11.8. The van der Waals surface area contributed by atoms with E-state index in [4.69, 9.17) is 0 Å². The third kappa shape index (κ3) is 1.64. The van der Waals surface area contributed by atoms with Gasteiger partial charge in [-0.15, -0.1) is 10.2 Å². The van der Waals surface area contributed by atoms with Gasteiger partial charge in [0.15, 0.2) is 5.82 Å². The standard InChI is InChI=1S/C11H16N6/c1-3-17-7(2)15-16-11(17)9-4-8-10(5-12-9)14-6-13-8/h6,9,12H,3-5H2,1-2H3,(H,13,14). The summed E-state index contributed by atoms with van der Waals surface area (Å²) in [7, 11) is 0. The van der Waals surface area contributed by atoms with Crippen LogP contribution in [0.15, 0.2) is 6.33 Å². The average molecular weight is 232 g/mol. The molecule has 0 amide bonds. The first kappa shape index (κ1) is 10.5. The number of hydrogen-bond donors (Lipinski definition) is 2. The number of aromatic nitrogens is 5. The van der Waals surface area contributed by atoms with E-state index in [-0.39, 0.29) is 6.04 Å². The zero-order valence-electron chi connectivity index (χ0n) is 10.1. The molecular weight excluding hydrogens is 216 g/mol. The van der Waals surface area contributed by atoms with E-state index in [1.165, 1.54) is 5.69 Å². The summed E-state index contributed by atoms with van der Waals surface area (Å²) in [6.07, 6.45) is 2.63. The van der Waals surface area contributed by atoms with E-state index in [1.807, 2.05) is 6.92 Å². The van der Waals surface area contributed by atoms with E-state index in [0.29, 0.717) is 0 Å². The summed E-state index contributed by atoms with van der Waals surface area (Å²) < 4.78 is 2.15. The molecule has 0 saturated heterocycles. The molecular formula is C11H16N6. The topological polar surface area (TPSA) is 71.4 Å². The van der Waals surface area contributed by atoms with E-state index in [0.717, 1.165) is 36.9 Å². The molecule has 1 unspecified atom stereocenters. The van der Waals surface area contributed by atoms with Gasteiger partial charge in [0.25, 0.3) is 0 Å². The number of aryl methyl sites for hydroxylation is 1. The second-order valence-corrected chi connectivity index (χ2v) is 4.32. The Morgan fingerprint density at radius 3 is 3.18 bits per heavy atom. The van der Waals surface area contributed by atoms with Crippen molar-refractivity contribution in [1.29, 1.82) is 0 Å². The van der Waals surface area contributed by atoms with Crippen LogP contribution in [0.2, 0.25) is 0 Å². The van der Waals surface area contributed by atoms with Crippen LogP contribution in [0.25, 0.3) is 0 Å². The monoisotopic (exact) mass is 232 g/mol. The molecule has 0 aromatic carbocycles. The van der Waals surface area contributed by atoms with Crippen LogP contribution in [0.3, 0.4) is 0 Å². The van der Waals surface area contributed by atoms with Gasteiger partial charge in [0.2, 0.25) is 0 Å². The number of H-pyrrole nitrogens is 1. The molecule has 0 aliphatic carbocycles. The van der Waals surface area contributed by atoms with Crippen molar-refractivity contribution in [2.24, 2.45) is 0 Å². The molecule has 2 aromatic heterocycles. The van der Waals surface area contributed by atoms with Gasteiger partial charge in [-0.2, -0.15) is 0 Å². The molecule has 1 atom stereocenters. The fraction of sp³-hybridized carbons (Fsp3) is 0.545. The fourth-order valence-electron chi connectivity index (χ4n) is 2.40. The molecule has 17 heavy (non-hydrogen) atoms. The largest absolute Gasteiger partial charge is 0.347 e. The van der Waals surface area contributed by atoms with Gasteiger partial charge < -0.3 is 14.9 Å². The summed E-state index contributed by atoms with van der Waals surface area (Å²) in [6, 6.07) is 0.215. The molecule has 0 radical (unpaired) electrons. The Bertz CT molecular complexity index is 526. The van der Waals surface area contributed by atoms with Gasteiger partial charge >= 0.3 is 0 Å². The molecule has 1 aliphatic heterocycles. The summed E-state index contributed by atoms with van der Waals surface area (Å²) >= 11 is 0. The number of imidazole rings is 1. The van der Waals surface area contributed by atoms with Crippen LogP contribution in [0.1, 0.15) is 36.0 Å². The normalized spacial score (nSPS) is 19.3. The molecule has 2 aromatic rings. The predicted octanol–water partition coefficient (Wildman–Crippen LogP) is 0.717. The Labute approximate surface area is 99.5 Å². The highest BCUT2D eigenvalue weighted by atomic mass is 15.3. The maximum atomic E-state index is 4.34. The Morgan fingerprint density at radius 2 is 2.35 bits per heavy atom. The number of aromatic amines is 1. The summed E-state index contributed by atoms with van der Waals surface area (Å²) in [4.78, 5) is 7.49. The van der Waals surface area contributed by atoms with Gasteiger partial charge in [-0.05, 0) is 13.8 Å². The van der Waals surface area contributed by atoms with Crippen LogP contribution in [-0.4, -0.2) is 24.7 Å². The molecule has 3 rings (SSSR count). The summed E-state index contributed by atoms with van der Waals surface area (Å²) in [5.41, 5.74) is 2.32. The van der Waals surface area contributed by atoms with Crippen LogP contribution < -0.4 is 5.32 Å². The molecule has 6 heteroatoms. The van der Waals surface area contributed by atoms with E-state index in [2.05, 4.69) is 37.0 Å². The quantitative estimate of drug-likeness (QED) is 0.800. The number of hydrogen-bond acceptors (Lipinski definition) is 4. The summed E-state index contributed by atoms with van der Waals surface area (Å²) in [5, 5.41) is 11.9. The second-order valence-electron chi connectivity index (χ2n) is 4.32. The Balaban J connectivity index is 1.91. The van der Waals surface area contributed by atoms with Crippen molar-refractivity contribution in [2.45, 2.75) is 39.4 Å². The van der Waals surface area contributed by atoms with E-state index in [9.17, 15) is 0 Å². The fourth-order valence-corrected chi connectivity index (χ4v) is 2.40. The molecule has 0 fully saturated rings. The Kier molecular flexibility index (Phi) is 2.44. The first-order chi connectivity index (χ1) is 8.29. The predicted molar refractivity (Wildman–Crippen MR) is 62.3 cm³/mol. The van der Waals surface area contributed by atoms with Crippen molar-refractivity contribution < 1.29 is 0 Å². The van der Waals surface area contributed by atoms with Gasteiger partial charge in [-0.3, -0.25) is 0 Å². The van der Waals surface area contributed by atoms with Crippen molar-refractivity contribution in [1.82, 2.24) is 30.0 Å². The second kappa shape index (κ2) is 3.96. The number of rotatable bonds is 2. The maximum absolute atomic E-state index is 4.34. The van der Waals surface area contributed by atoms with Crippen LogP contribution in [-0.2, 0) is 19.5 Å². The van der Waals surface area contributed by atoms with E-state index < -0.39 is 0 Å². The van der Waals surface area contributed by atoms with Crippen molar-refractivity contribution in [3.63, 3.8) is 0 Å². The molecule has 2 N–H and O–H groups in total. The van der Waals surface area contributed by atoms with Crippen LogP contribution in [0, 0.1) is 6.92 Å². The molecule has 0 saturated carbocycles. The number of nitrogens with one attached hydrogen (secondary N) is 2. The lowest BCUT2D eigenvalue weighted by molar-refractivity contribution is 0.448. The average Bonchev–Trinajstić information content (AvgIpc) is 2.93. The van der Waals surface area contributed by atoms with Gasteiger partial charge in [-0.25, -0.2) is 4.98 Å². The molecule has 6 nitrogen and oxygen atoms in total. The molecule has 1 aliphatic rings. The minimum absolute atomic E-state index is 0.215.